The zero-order valence-corrected chi connectivity index (χ0v) is 23.2. The number of nitrogens with one attached hydrogen (secondary N) is 1. The summed E-state index contributed by atoms with van der Waals surface area (Å²) in [6.45, 7) is 4.38. The Morgan fingerprint density at radius 1 is 0.905 bits per heavy atom. The van der Waals surface area contributed by atoms with E-state index in [-0.39, 0.29) is 6.03 Å². The maximum atomic E-state index is 13.3. The normalized spacial score (nSPS) is 13.5. The van der Waals surface area contributed by atoms with Crippen molar-refractivity contribution in [1.29, 1.82) is 0 Å². The van der Waals surface area contributed by atoms with Gasteiger partial charge in [0.2, 0.25) is 0 Å². The SMILES string of the molecule is Cc1ccc(Cc2nc(N3CCN(C(=O)Nc4cccc5ccccc45)CC3)c3c(-c4cccnc4)noc3n2)cc1. The summed E-state index contributed by atoms with van der Waals surface area (Å²) in [5, 5.41) is 10.4. The largest absolute Gasteiger partial charge is 0.352 e. The van der Waals surface area contributed by atoms with E-state index in [4.69, 9.17) is 14.5 Å². The molecule has 9 nitrogen and oxygen atoms in total. The smallest absolute Gasteiger partial charge is 0.321 e. The lowest BCUT2D eigenvalue weighted by molar-refractivity contribution is 0.208. The molecule has 0 radical (unpaired) electrons. The minimum atomic E-state index is -0.111. The summed E-state index contributed by atoms with van der Waals surface area (Å²) in [5.41, 5.74) is 5.07. The fraction of sp³-hybridized carbons (Fsp3) is 0.182. The highest BCUT2D eigenvalue weighted by atomic mass is 16.5. The lowest BCUT2D eigenvalue weighted by atomic mass is 10.1. The minimum Gasteiger partial charge on any atom is -0.352 e. The first kappa shape index (κ1) is 25.6. The molecule has 4 heterocycles. The van der Waals surface area contributed by atoms with Gasteiger partial charge in [-0.3, -0.25) is 4.98 Å². The number of carbonyl (C=O) groups excluding carboxylic acids is 1. The maximum Gasteiger partial charge on any atom is 0.321 e. The minimum absolute atomic E-state index is 0.111. The molecule has 208 valence electrons. The van der Waals surface area contributed by atoms with Gasteiger partial charge in [0.1, 0.15) is 22.7 Å². The number of amides is 2. The Labute approximate surface area is 242 Å². The summed E-state index contributed by atoms with van der Waals surface area (Å²) in [7, 11) is 0. The van der Waals surface area contributed by atoms with Gasteiger partial charge in [0.25, 0.3) is 5.71 Å². The number of pyridine rings is 1. The second-order valence-electron chi connectivity index (χ2n) is 10.5. The molecule has 0 bridgehead atoms. The van der Waals surface area contributed by atoms with Crippen LogP contribution >= 0.6 is 0 Å². The van der Waals surface area contributed by atoms with E-state index < -0.39 is 0 Å². The summed E-state index contributed by atoms with van der Waals surface area (Å²) in [5.74, 6) is 1.42. The lowest BCUT2D eigenvalue weighted by Crippen LogP contribution is -2.50. The van der Waals surface area contributed by atoms with Crippen LogP contribution in [0.3, 0.4) is 0 Å². The van der Waals surface area contributed by atoms with Crippen LogP contribution < -0.4 is 10.2 Å². The van der Waals surface area contributed by atoms with Gasteiger partial charge in [0.15, 0.2) is 0 Å². The summed E-state index contributed by atoms with van der Waals surface area (Å²) < 4.78 is 5.76. The molecule has 42 heavy (non-hydrogen) atoms. The van der Waals surface area contributed by atoms with Gasteiger partial charge in [-0.25, -0.2) is 9.78 Å². The van der Waals surface area contributed by atoms with E-state index in [2.05, 4.69) is 51.5 Å². The van der Waals surface area contributed by atoms with E-state index in [1.54, 1.807) is 12.4 Å². The van der Waals surface area contributed by atoms with Gasteiger partial charge in [-0.1, -0.05) is 71.4 Å². The van der Waals surface area contributed by atoms with Gasteiger partial charge in [-0.15, -0.1) is 0 Å². The van der Waals surface area contributed by atoms with Crippen LogP contribution in [-0.2, 0) is 6.42 Å². The standard InChI is InChI=1S/C33H29N7O2/c1-22-11-13-23(14-12-22)20-28-36-31(29-30(38-42-32(29)37-28)25-8-5-15-34-21-25)39-16-18-40(19-17-39)33(41)35-27-10-4-7-24-6-2-3-9-26(24)27/h2-15,21H,16-20H2,1H3,(H,35,41). The van der Waals surface area contributed by atoms with Crippen molar-refractivity contribution in [2.24, 2.45) is 0 Å². The van der Waals surface area contributed by atoms with Gasteiger partial charge in [0, 0.05) is 55.9 Å². The number of hydrogen-bond acceptors (Lipinski definition) is 7. The summed E-state index contributed by atoms with van der Waals surface area (Å²) in [6, 6.07) is 26.1. The molecule has 1 aliphatic rings. The molecular weight excluding hydrogens is 526 g/mol. The lowest BCUT2D eigenvalue weighted by Gasteiger charge is -2.35. The molecule has 1 saturated heterocycles. The van der Waals surface area contributed by atoms with Crippen LogP contribution in [0.1, 0.15) is 17.0 Å². The molecule has 3 aromatic carbocycles. The molecule has 7 rings (SSSR count). The molecule has 1 aliphatic heterocycles. The Kier molecular flexibility index (Phi) is 6.67. The molecule has 6 aromatic rings. The van der Waals surface area contributed by atoms with E-state index in [0.29, 0.717) is 49.8 Å². The van der Waals surface area contributed by atoms with Crippen LogP contribution in [0.5, 0.6) is 0 Å². The van der Waals surface area contributed by atoms with Gasteiger partial charge in [-0.2, -0.15) is 4.98 Å². The quantitative estimate of drug-likeness (QED) is 0.275. The van der Waals surface area contributed by atoms with Crippen LogP contribution in [0.15, 0.2) is 95.8 Å². The van der Waals surface area contributed by atoms with Crippen molar-refractivity contribution in [1.82, 2.24) is 25.0 Å². The van der Waals surface area contributed by atoms with E-state index in [0.717, 1.165) is 38.8 Å². The number of carbonyl (C=O) groups is 1. The van der Waals surface area contributed by atoms with Crippen LogP contribution in [0.25, 0.3) is 33.1 Å². The molecule has 0 saturated carbocycles. The van der Waals surface area contributed by atoms with Crippen molar-refractivity contribution < 1.29 is 9.32 Å². The van der Waals surface area contributed by atoms with Crippen LogP contribution in [-0.4, -0.2) is 57.2 Å². The Morgan fingerprint density at radius 2 is 1.71 bits per heavy atom. The summed E-state index contributed by atoms with van der Waals surface area (Å²) in [6.07, 6.45) is 4.06. The summed E-state index contributed by atoms with van der Waals surface area (Å²) >= 11 is 0. The zero-order chi connectivity index (χ0) is 28.5. The Hall–Kier alpha value is -5.31. The Morgan fingerprint density at radius 3 is 2.52 bits per heavy atom. The van der Waals surface area contributed by atoms with Gasteiger partial charge < -0.3 is 19.6 Å². The van der Waals surface area contributed by atoms with Crippen molar-refractivity contribution in [2.45, 2.75) is 13.3 Å². The van der Waals surface area contributed by atoms with Gasteiger partial charge in [0.05, 0.1) is 5.69 Å². The third kappa shape index (κ3) is 5.01. The van der Waals surface area contributed by atoms with Crippen molar-refractivity contribution in [3.8, 4) is 11.3 Å². The molecule has 9 heteroatoms. The predicted octanol–water partition coefficient (Wildman–Crippen LogP) is 6.09. The second-order valence-corrected chi connectivity index (χ2v) is 10.5. The van der Waals surface area contributed by atoms with Crippen LogP contribution in [0, 0.1) is 6.92 Å². The third-order valence-corrected chi connectivity index (χ3v) is 7.68. The van der Waals surface area contributed by atoms with Crippen LogP contribution in [0.4, 0.5) is 16.3 Å². The highest BCUT2D eigenvalue weighted by molar-refractivity contribution is 6.02. The van der Waals surface area contributed by atoms with E-state index in [1.807, 2.05) is 59.5 Å². The monoisotopic (exact) mass is 555 g/mol. The number of urea groups is 1. The van der Waals surface area contributed by atoms with Gasteiger partial charge >= 0.3 is 6.03 Å². The highest BCUT2D eigenvalue weighted by Crippen LogP contribution is 2.34. The fourth-order valence-corrected chi connectivity index (χ4v) is 5.43. The molecule has 0 spiro atoms. The van der Waals surface area contributed by atoms with Crippen molar-refractivity contribution in [3.05, 3.63) is 108 Å². The maximum absolute atomic E-state index is 13.3. The first-order chi connectivity index (χ1) is 20.6. The average Bonchev–Trinajstić information content (AvgIpc) is 3.47. The molecular formula is C33H29N7O2. The number of anilines is 2. The zero-order valence-electron chi connectivity index (χ0n) is 23.2. The molecule has 1 fully saturated rings. The van der Waals surface area contributed by atoms with Crippen LogP contribution in [0.2, 0.25) is 0 Å². The van der Waals surface area contributed by atoms with E-state index in [9.17, 15) is 4.79 Å². The number of benzene rings is 3. The third-order valence-electron chi connectivity index (χ3n) is 7.68. The topological polar surface area (TPSA) is 100 Å². The molecule has 0 aliphatic carbocycles. The van der Waals surface area contributed by atoms with Gasteiger partial charge in [-0.05, 0) is 36.1 Å². The predicted molar refractivity (Wildman–Crippen MR) is 164 cm³/mol. The Balaban J connectivity index is 1.16. The molecule has 2 amide bonds. The summed E-state index contributed by atoms with van der Waals surface area (Å²) in [4.78, 5) is 31.4. The van der Waals surface area contributed by atoms with E-state index in [1.165, 1.54) is 5.56 Å². The number of nitrogens with zero attached hydrogens (tertiary/aromatic N) is 6. The van der Waals surface area contributed by atoms with Crippen molar-refractivity contribution in [3.63, 3.8) is 0 Å². The fourth-order valence-electron chi connectivity index (χ4n) is 5.43. The molecule has 1 N–H and O–H groups in total. The second kappa shape index (κ2) is 10.9. The number of piperazine rings is 1. The first-order valence-corrected chi connectivity index (χ1v) is 14.0. The Bertz CT molecular complexity index is 1870. The number of fused-ring (bicyclic) bond motifs is 2. The number of aromatic nitrogens is 4. The first-order valence-electron chi connectivity index (χ1n) is 14.0. The number of hydrogen-bond donors (Lipinski definition) is 1. The molecule has 3 aromatic heterocycles. The van der Waals surface area contributed by atoms with Crippen molar-refractivity contribution >= 4 is 39.4 Å². The average molecular weight is 556 g/mol. The van der Waals surface area contributed by atoms with Crippen molar-refractivity contribution in [2.75, 3.05) is 36.4 Å². The molecule has 0 atom stereocenters. The number of aryl methyl sites for hydroxylation is 1. The molecule has 0 unspecified atom stereocenters. The van der Waals surface area contributed by atoms with E-state index >= 15 is 0 Å². The number of rotatable bonds is 5. The highest BCUT2D eigenvalue weighted by Gasteiger charge is 2.27.